The number of nitrogens with two attached hydrogens (primary N) is 1. The number of carbonyl (C=O) groups is 1. The molecule has 2 unspecified atom stereocenters. The van der Waals surface area contributed by atoms with Gasteiger partial charge in [0.15, 0.2) is 0 Å². The first-order chi connectivity index (χ1) is 6.51. The number of nitrogens with one attached hydrogen (secondary N) is 1. The van der Waals surface area contributed by atoms with Gasteiger partial charge in [-0.2, -0.15) is 0 Å². The van der Waals surface area contributed by atoms with Gasteiger partial charge in [0.05, 0.1) is 11.0 Å². The fourth-order valence-corrected chi connectivity index (χ4v) is 1.31. The van der Waals surface area contributed by atoms with Crippen LogP contribution in [0.2, 0.25) is 0 Å². The first kappa shape index (κ1) is 13.4. The molecule has 0 aromatic rings. The van der Waals surface area contributed by atoms with Crippen molar-refractivity contribution in [1.29, 1.82) is 0 Å². The maximum absolute atomic E-state index is 11.5. The average Bonchev–Trinajstić information content (AvgIpc) is 2.13. The van der Waals surface area contributed by atoms with Crippen LogP contribution in [0, 0.1) is 5.92 Å². The Kier molecular flexibility index (Phi) is 6.45. The quantitative estimate of drug-likeness (QED) is 0.663. The van der Waals surface area contributed by atoms with Gasteiger partial charge in [-0.1, -0.05) is 39.4 Å². The molecule has 82 valence electrons. The second kappa shape index (κ2) is 6.76. The van der Waals surface area contributed by atoms with Crippen LogP contribution >= 0.6 is 12.2 Å². The summed E-state index contributed by atoms with van der Waals surface area (Å²) in [6.07, 6.45) is 2.31. The molecular weight excluding hydrogens is 196 g/mol. The number of thiocarbonyl (C=S) groups is 1. The summed E-state index contributed by atoms with van der Waals surface area (Å²) in [5, 5.41) is 2.83. The summed E-state index contributed by atoms with van der Waals surface area (Å²) in [4.78, 5) is 11.8. The number of hydrogen-bond acceptors (Lipinski definition) is 2. The second-order valence-corrected chi connectivity index (χ2v) is 4.12. The third-order valence-electron chi connectivity index (χ3n) is 2.32. The third-order valence-corrected chi connectivity index (χ3v) is 2.60. The van der Waals surface area contributed by atoms with Gasteiger partial charge in [-0.3, -0.25) is 4.79 Å². The first-order valence-corrected chi connectivity index (χ1v) is 5.50. The van der Waals surface area contributed by atoms with Gasteiger partial charge in [0.2, 0.25) is 5.91 Å². The summed E-state index contributed by atoms with van der Waals surface area (Å²) in [7, 11) is 0. The molecule has 0 bridgehead atoms. The van der Waals surface area contributed by atoms with Crippen LogP contribution in [-0.4, -0.2) is 16.9 Å². The molecular formula is C10H20N2OS. The topological polar surface area (TPSA) is 55.1 Å². The Hall–Kier alpha value is -0.640. The van der Waals surface area contributed by atoms with Gasteiger partial charge in [-0.15, -0.1) is 0 Å². The molecule has 3 N–H and O–H groups in total. The molecule has 4 heteroatoms. The van der Waals surface area contributed by atoms with Gasteiger partial charge >= 0.3 is 0 Å². The van der Waals surface area contributed by atoms with Gasteiger partial charge in [0.25, 0.3) is 0 Å². The van der Waals surface area contributed by atoms with Crippen molar-refractivity contribution in [3.05, 3.63) is 0 Å². The average molecular weight is 216 g/mol. The molecule has 0 aliphatic rings. The minimum atomic E-state index is -0.151. The van der Waals surface area contributed by atoms with Crippen LogP contribution in [0.25, 0.3) is 0 Å². The first-order valence-electron chi connectivity index (χ1n) is 5.09. The lowest BCUT2D eigenvalue weighted by atomic mass is 10.0. The van der Waals surface area contributed by atoms with Crippen LogP contribution in [0.4, 0.5) is 0 Å². The zero-order valence-corrected chi connectivity index (χ0v) is 9.99. The van der Waals surface area contributed by atoms with E-state index in [2.05, 4.69) is 19.2 Å². The molecule has 0 radical (unpaired) electrons. The fourth-order valence-electron chi connectivity index (χ4n) is 1.09. The van der Waals surface area contributed by atoms with Gasteiger partial charge in [0, 0.05) is 6.42 Å². The molecule has 0 saturated heterocycles. The van der Waals surface area contributed by atoms with Crippen LogP contribution in [0.3, 0.4) is 0 Å². The standard InChI is InChI=1S/C10H20N2OS/c1-4-7(3)6-9(13)12-8(5-2)10(11)14/h7-8H,4-6H2,1-3H3,(H2,11,14)(H,12,13). The van der Waals surface area contributed by atoms with Crippen molar-refractivity contribution >= 4 is 23.1 Å². The van der Waals surface area contributed by atoms with Gasteiger partial charge < -0.3 is 11.1 Å². The lowest BCUT2D eigenvalue weighted by molar-refractivity contribution is -0.122. The molecule has 0 aliphatic carbocycles. The van der Waals surface area contributed by atoms with Crippen molar-refractivity contribution in [2.75, 3.05) is 0 Å². The molecule has 3 nitrogen and oxygen atoms in total. The lowest BCUT2D eigenvalue weighted by Crippen LogP contribution is -2.43. The van der Waals surface area contributed by atoms with Crippen LogP contribution in [0.1, 0.15) is 40.0 Å². The van der Waals surface area contributed by atoms with Crippen molar-refractivity contribution in [2.45, 2.75) is 46.1 Å². The van der Waals surface area contributed by atoms with Crippen molar-refractivity contribution < 1.29 is 4.79 Å². The molecule has 1 amide bonds. The maximum Gasteiger partial charge on any atom is 0.220 e. The Bertz CT molecular complexity index is 206. The van der Waals surface area contributed by atoms with Gasteiger partial charge in [-0.25, -0.2) is 0 Å². The van der Waals surface area contributed by atoms with Gasteiger partial charge in [-0.05, 0) is 12.3 Å². The largest absolute Gasteiger partial charge is 0.392 e. The highest BCUT2D eigenvalue weighted by molar-refractivity contribution is 7.80. The molecule has 0 fully saturated rings. The Morgan fingerprint density at radius 3 is 2.36 bits per heavy atom. The fraction of sp³-hybridized carbons (Fsp3) is 0.800. The summed E-state index contributed by atoms with van der Waals surface area (Å²) < 4.78 is 0. The summed E-state index contributed by atoms with van der Waals surface area (Å²) in [6.45, 7) is 6.08. The highest BCUT2D eigenvalue weighted by Crippen LogP contribution is 2.06. The number of rotatable bonds is 6. The van der Waals surface area contributed by atoms with E-state index in [9.17, 15) is 4.79 Å². The minimum absolute atomic E-state index is 0.0407. The summed E-state index contributed by atoms with van der Waals surface area (Å²) in [5.74, 6) is 0.456. The molecule has 0 heterocycles. The molecule has 0 aliphatic heterocycles. The van der Waals surface area contributed by atoms with E-state index in [-0.39, 0.29) is 11.9 Å². The highest BCUT2D eigenvalue weighted by atomic mass is 32.1. The molecule has 0 spiro atoms. The Morgan fingerprint density at radius 1 is 1.43 bits per heavy atom. The van der Waals surface area contributed by atoms with Gasteiger partial charge in [0.1, 0.15) is 0 Å². The third kappa shape index (κ3) is 5.17. The van der Waals surface area contributed by atoms with Crippen molar-refractivity contribution in [2.24, 2.45) is 11.7 Å². The summed E-state index contributed by atoms with van der Waals surface area (Å²) in [5.41, 5.74) is 5.48. The Morgan fingerprint density at radius 2 is 2.00 bits per heavy atom. The monoisotopic (exact) mass is 216 g/mol. The Balaban J connectivity index is 3.97. The normalized spacial score (nSPS) is 14.5. The van der Waals surface area contributed by atoms with Crippen LogP contribution in [0.5, 0.6) is 0 Å². The number of hydrogen-bond donors (Lipinski definition) is 2. The maximum atomic E-state index is 11.5. The van der Waals surface area contributed by atoms with Crippen molar-refractivity contribution in [3.8, 4) is 0 Å². The molecule has 0 rings (SSSR count). The lowest BCUT2D eigenvalue weighted by Gasteiger charge is -2.16. The number of amides is 1. The van der Waals surface area contributed by atoms with Crippen molar-refractivity contribution in [1.82, 2.24) is 5.32 Å². The summed E-state index contributed by atoms with van der Waals surface area (Å²) >= 11 is 4.84. The van der Waals surface area contributed by atoms with Crippen LogP contribution < -0.4 is 11.1 Å². The Labute approximate surface area is 91.4 Å². The van der Waals surface area contributed by atoms with Crippen LogP contribution in [0.15, 0.2) is 0 Å². The zero-order valence-electron chi connectivity index (χ0n) is 9.17. The second-order valence-electron chi connectivity index (χ2n) is 3.65. The van der Waals surface area contributed by atoms with E-state index in [1.165, 1.54) is 0 Å². The predicted molar refractivity (Wildman–Crippen MR) is 63.1 cm³/mol. The van der Waals surface area contributed by atoms with E-state index in [0.717, 1.165) is 12.8 Å². The van der Waals surface area contributed by atoms with E-state index in [1.54, 1.807) is 0 Å². The smallest absolute Gasteiger partial charge is 0.220 e. The highest BCUT2D eigenvalue weighted by Gasteiger charge is 2.14. The van der Waals surface area contributed by atoms with E-state index < -0.39 is 0 Å². The summed E-state index contributed by atoms with van der Waals surface area (Å²) in [6, 6.07) is -0.151. The molecule has 0 aromatic carbocycles. The molecule has 0 saturated carbocycles. The van der Waals surface area contributed by atoms with E-state index in [1.807, 2.05) is 6.92 Å². The number of carbonyl (C=O) groups excluding carboxylic acids is 1. The van der Waals surface area contributed by atoms with E-state index in [0.29, 0.717) is 17.3 Å². The minimum Gasteiger partial charge on any atom is -0.392 e. The SMILES string of the molecule is CCC(C)CC(=O)NC(CC)C(N)=S. The molecule has 0 aromatic heterocycles. The predicted octanol–water partition coefficient (Wildman–Crippen LogP) is 1.60. The van der Waals surface area contributed by atoms with Crippen LogP contribution in [-0.2, 0) is 4.79 Å². The van der Waals surface area contributed by atoms with E-state index >= 15 is 0 Å². The molecule has 2 atom stereocenters. The molecule has 14 heavy (non-hydrogen) atoms. The van der Waals surface area contributed by atoms with Crippen molar-refractivity contribution in [3.63, 3.8) is 0 Å². The zero-order chi connectivity index (χ0) is 11.1. The van der Waals surface area contributed by atoms with E-state index in [4.69, 9.17) is 18.0 Å².